The summed E-state index contributed by atoms with van der Waals surface area (Å²) in [5.74, 6) is -0.516. The molecule has 0 spiro atoms. The smallest absolute Gasteiger partial charge is 0.278 e. The Labute approximate surface area is 207 Å². The molecule has 0 fully saturated rings. The minimum atomic E-state index is -0.800. The summed E-state index contributed by atoms with van der Waals surface area (Å²) in [4.78, 5) is 44.0. The van der Waals surface area contributed by atoms with Gasteiger partial charge in [-0.25, -0.2) is 4.98 Å². The minimum absolute atomic E-state index is 0.157. The molecular weight excluding hydrogens is 464 g/mol. The van der Waals surface area contributed by atoms with Gasteiger partial charge >= 0.3 is 0 Å². The third-order valence-corrected chi connectivity index (χ3v) is 5.90. The highest BCUT2D eigenvalue weighted by Gasteiger charge is 2.25. The van der Waals surface area contributed by atoms with Crippen molar-refractivity contribution < 1.29 is 9.59 Å². The van der Waals surface area contributed by atoms with E-state index in [2.05, 4.69) is 15.6 Å². The Morgan fingerprint density at radius 1 is 0.971 bits per heavy atom. The van der Waals surface area contributed by atoms with Crippen molar-refractivity contribution in [2.75, 3.05) is 10.6 Å². The van der Waals surface area contributed by atoms with E-state index < -0.39 is 11.6 Å². The fourth-order valence-electron chi connectivity index (χ4n) is 3.95. The monoisotopic (exact) mass is 488 g/mol. The Morgan fingerprint density at radius 2 is 1.71 bits per heavy atom. The van der Waals surface area contributed by atoms with E-state index in [-0.39, 0.29) is 17.5 Å². The number of benzene rings is 3. The highest BCUT2D eigenvalue weighted by Crippen LogP contribution is 2.28. The lowest BCUT2D eigenvalue weighted by molar-refractivity contribution is -0.119. The van der Waals surface area contributed by atoms with Crippen LogP contribution in [0.25, 0.3) is 22.3 Å². The van der Waals surface area contributed by atoms with Crippen LogP contribution in [0.2, 0.25) is 5.02 Å². The summed E-state index contributed by atoms with van der Waals surface area (Å²) in [6, 6.07) is 20.3. The second kappa shape index (κ2) is 10.5. The molecule has 1 atom stereocenters. The van der Waals surface area contributed by atoms with E-state index in [1.807, 2.05) is 13.0 Å². The molecule has 4 rings (SSSR count). The van der Waals surface area contributed by atoms with E-state index in [0.29, 0.717) is 45.8 Å². The van der Waals surface area contributed by atoms with Crippen LogP contribution in [0.3, 0.4) is 0 Å². The summed E-state index contributed by atoms with van der Waals surface area (Å²) in [5, 5.41) is 6.20. The van der Waals surface area contributed by atoms with Gasteiger partial charge in [0, 0.05) is 22.7 Å². The number of nitrogens with one attached hydrogen (secondary N) is 2. The molecule has 178 valence electrons. The summed E-state index contributed by atoms with van der Waals surface area (Å²) in [7, 11) is 0. The average molecular weight is 489 g/mol. The standard InChI is InChI=1S/C27H25ClN4O3/c1-3-22(26(34)29-18-11-9-10-17(28)16-18)32-23-15-8-7-14-21(23)31-25(27(32)35)19-12-5-6-13-20(19)30-24(33)4-2/h5-16,22H,3-4H2,1-2H3,(H,29,34)(H,30,33)/t22-/m0/s1. The molecule has 0 bridgehead atoms. The van der Waals surface area contributed by atoms with Crippen LogP contribution in [-0.4, -0.2) is 21.4 Å². The van der Waals surface area contributed by atoms with E-state index in [9.17, 15) is 14.4 Å². The zero-order valence-electron chi connectivity index (χ0n) is 19.4. The molecule has 4 aromatic rings. The molecule has 35 heavy (non-hydrogen) atoms. The number of carbonyl (C=O) groups excluding carboxylic acids is 2. The quantitative estimate of drug-likeness (QED) is 0.351. The molecule has 0 unspecified atom stereocenters. The van der Waals surface area contributed by atoms with Gasteiger partial charge < -0.3 is 10.6 Å². The summed E-state index contributed by atoms with van der Waals surface area (Å²) in [6.07, 6.45) is 0.666. The van der Waals surface area contributed by atoms with Gasteiger partial charge in [-0.1, -0.05) is 61.8 Å². The lowest BCUT2D eigenvalue weighted by atomic mass is 10.1. The predicted molar refractivity (Wildman–Crippen MR) is 140 cm³/mol. The lowest BCUT2D eigenvalue weighted by Crippen LogP contribution is -2.34. The van der Waals surface area contributed by atoms with Crippen LogP contribution in [0, 0.1) is 0 Å². The van der Waals surface area contributed by atoms with Gasteiger partial charge in [-0.2, -0.15) is 0 Å². The number of aromatic nitrogens is 2. The number of nitrogens with zero attached hydrogens (tertiary/aromatic N) is 2. The number of halogens is 1. The molecule has 7 nitrogen and oxygen atoms in total. The normalized spacial score (nSPS) is 11.7. The Hall–Kier alpha value is -3.97. The summed E-state index contributed by atoms with van der Waals surface area (Å²) >= 11 is 6.07. The van der Waals surface area contributed by atoms with Crippen LogP contribution in [0.5, 0.6) is 0 Å². The van der Waals surface area contributed by atoms with E-state index >= 15 is 0 Å². The summed E-state index contributed by atoms with van der Waals surface area (Å²) in [5.41, 5.74) is 2.36. The van der Waals surface area contributed by atoms with Crippen LogP contribution in [-0.2, 0) is 9.59 Å². The first-order chi connectivity index (χ1) is 16.9. The topological polar surface area (TPSA) is 93.1 Å². The predicted octanol–water partition coefficient (Wildman–Crippen LogP) is 5.66. The Morgan fingerprint density at radius 3 is 2.46 bits per heavy atom. The van der Waals surface area contributed by atoms with Crippen LogP contribution in [0.15, 0.2) is 77.6 Å². The number of para-hydroxylation sites is 3. The first-order valence-electron chi connectivity index (χ1n) is 11.4. The summed E-state index contributed by atoms with van der Waals surface area (Å²) in [6.45, 7) is 3.60. The molecule has 1 heterocycles. The Kier molecular flexibility index (Phi) is 7.27. The molecule has 8 heteroatoms. The van der Waals surface area contributed by atoms with Gasteiger partial charge in [0.05, 0.1) is 16.7 Å². The molecule has 3 aromatic carbocycles. The maximum atomic E-state index is 13.9. The van der Waals surface area contributed by atoms with Crippen LogP contribution in [0.4, 0.5) is 11.4 Å². The molecule has 2 amide bonds. The van der Waals surface area contributed by atoms with Gasteiger partial charge in [-0.3, -0.25) is 19.0 Å². The Balaban J connectivity index is 1.87. The second-order valence-electron chi connectivity index (χ2n) is 8.00. The van der Waals surface area contributed by atoms with Gasteiger partial charge in [-0.05, 0) is 42.8 Å². The zero-order chi connectivity index (χ0) is 24.9. The summed E-state index contributed by atoms with van der Waals surface area (Å²) < 4.78 is 1.48. The molecule has 0 saturated heterocycles. The Bertz CT molecular complexity index is 1460. The van der Waals surface area contributed by atoms with Crippen LogP contribution in [0.1, 0.15) is 32.7 Å². The number of rotatable bonds is 7. The van der Waals surface area contributed by atoms with Gasteiger partial charge in [0.25, 0.3) is 5.56 Å². The maximum Gasteiger partial charge on any atom is 0.278 e. The molecule has 0 aliphatic heterocycles. The van der Waals surface area contributed by atoms with E-state index in [4.69, 9.17) is 11.6 Å². The fourth-order valence-corrected chi connectivity index (χ4v) is 4.14. The van der Waals surface area contributed by atoms with E-state index in [0.717, 1.165) is 0 Å². The fraction of sp³-hybridized carbons (Fsp3) is 0.185. The molecule has 2 N–H and O–H groups in total. The number of fused-ring (bicyclic) bond motifs is 1. The zero-order valence-corrected chi connectivity index (χ0v) is 20.2. The van der Waals surface area contributed by atoms with Crippen molar-refractivity contribution in [1.29, 1.82) is 0 Å². The molecule has 1 aromatic heterocycles. The van der Waals surface area contributed by atoms with Crippen molar-refractivity contribution in [1.82, 2.24) is 9.55 Å². The van der Waals surface area contributed by atoms with E-state index in [1.54, 1.807) is 73.7 Å². The van der Waals surface area contributed by atoms with Crippen molar-refractivity contribution in [3.63, 3.8) is 0 Å². The number of anilines is 2. The van der Waals surface area contributed by atoms with Crippen molar-refractivity contribution in [2.24, 2.45) is 0 Å². The van der Waals surface area contributed by atoms with Crippen LogP contribution >= 0.6 is 11.6 Å². The van der Waals surface area contributed by atoms with Gasteiger partial charge in [-0.15, -0.1) is 0 Å². The highest BCUT2D eigenvalue weighted by atomic mass is 35.5. The average Bonchev–Trinajstić information content (AvgIpc) is 2.86. The minimum Gasteiger partial charge on any atom is -0.325 e. The van der Waals surface area contributed by atoms with Gasteiger partial charge in [0.2, 0.25) is 11.8 Å². The molecular formula is C27H25ClN4O3. The third kappa shape index (κ3) is 5.10. The van der Waals surface area contributed by atoms with Crippen molar-refractivity contribution in [2.45, 2.75) is 32.7 Å². The lowest BCUT2D eigenvalue weighted by Gasteiger charge is -2.21. The van der Waals surface area contributed by atoms with Gasteiger partial charge in [0.15, 0.2) is 0 Å². The third-order valence-electron chi connectivity index (χ3n) is 5.67. The van der Waals surface area contributed by atoms with Crippen molar-refractivity contribution >= 4 is 45.8 Å². The van der Waals surface area contributed by atoms with Crippen molar-refractivity contribution in [3.05, 3.63) is 88.2 Å². The first-order valence-corrected chi connectivity index (χ1v) is 11.8. The first kappa shape index (κ1) is 24.2. The molecule has 0 radical (unpaired) electrons. The van der Waals surface area contributed by atoms with Crippen LogP contribution < -0.4 is 16.2 Å². The number of hydrogen-bond acceptors (Lipinski definition) is 4. The highest BCUT2D eigenvalue weighted by molar-refractivity contribution is 6.30. The van der Waals surface area contributed by atoms with Gasteiger partial charge in [0.1, 0.15) is 11.7 Å². The largest absolute Gasteiger partial charge is 0.325 e. The number of amides is 2. The molecule has 0 saturated carbocycles. The maximum absolute atomic E-state index is 13.9. The van der Waals surface area contributed by atoms with Crippen molar-refractivity contribution in [3.8, 4) is 11.3 Å². The number of hydrogen-bond donors (Lipinski definition) is 2. The SMILES string of the molecule is CCC(=O)Nc1ccccc1-c1nc2ccccc2n([C@@H](CC)C(=O)Nc2cccc(Cl)c2)c1=O. The second-order valence-corrected chi connectivity index (χ2v) is 8.43. The van der Waals surface area contributed by atoms with E-state index in [1.165, 1.54) is 4.57 Å². The molecule has 0 aliphatic carbocycles. The molecule has 0 aliphatic rings. The number of carbonyl (C=O) groups is 2.